The van der Waals surface area contributed by atoms with Gasteiger partial charge in [-0.3, -0.25) is 0 Å². The zero-order chi connectivity index (χ0) is 45.9. The first-order valence-electron chi connectivity index (χ1n) is 23.8. The SMILES string of the molecule is CC(C)(C)c1ccc(-c2c3ccc(N4c5ccccc5C(C)(C)c5ccccc54)cc3c(-c3ccc(C(C)(C)C)cc3)c3ccc(N4c5ccccc5C(C)(C)c5ccccc54)cc23)cc1. The first-order chi connectivity index (χ1) is 31.5. The van der Waals surface area contributed by atoms with Gasteiger partial charge < -0.3 is 9.80 Å². The molecule has 0 saturated carbocycles. The second kappa shape index (κ2) is 14.8. The Balaban J connectivity index is 1.24. The van der Waals surface area contributed by atoms with Crippen LogP contribution in [0.3, 0.4) is 0 Å². The van der Waals surface area contributed by atoms with Crippen LogP contribution in [0.4, 0.5) is 34.1 Å². The summed E-state index contributed by atoms with van der Waals surface area (Å²) in [5, 5.41) is 4.95. The summed E-state index contributed by atoms with van der Waals surface area (Å²) in [5.41, 5.74) is 19.9. The van der Waals surface area contributed by atoms with Gasteiger partial charge in [-0.1, -0.05) is 203 Å². The van der Waals surface area contributed by atoms with Crippen LogP contribution in [0.5, 0.6) is 0 Å². The lowest BCUT2D eigenvalue weighted by Crippen LogP contribution is -2.30. The topological polar surface area (TPSA) is 6.48 Å². The summed E-state index contributed by atoms with van der Waals surface area (Å²) in [6.45, 7) is 23.2. The Morgan fingerprint density at radius 1 is 0.318 bits per heavy atom. The van der Waals surface area contributed by atoms with Crippen molar-refractivity contribution in [1.29, 1.82) is 0 Å². The van der Waals surface area contributed by atoms with Crippen LogP contribution in [-0.2, 0) is 21.7 Å². The first-order valence-corrected chi connectivity index (χ1v) is 23.8. The van der Waals surface area contributed by atoms with E-state index in [9.17, 15) is 0 Å². The summed E-state index contributed by atoms with van der Waals surface area (Å²) in [6.07, 6.45) is 0. The quantitative estimate of drug-likeness (QED) is 0.163. The van der Waals surface area contributed by atoms with E-state index in [0.717, 1.165) is 11.4 Å². The summed E-state index contributed by atoms with van der Waals surface area (Å²) in [5.74, 6) is 0. The molecule has 2 aliphatic rings. The molecule has 2 heterocycles. The lowest BCUT2D eigenvalue weighted by Gasteiger charge is -2.42. The van der Waals surface area contributed by atoms with E-state index in [1.54, 1.807) is 0 Å². The molecule has 0 fully saturated rings. The normalized spacial score (nSPS) is 15.0. The smallest absolute Gasteiger partial charge is 0.0502 e. The molecule has 0 bridgehead atoms. The molecule has 0 atom stereocenters. The van der Waals surface area contributed by atoms with E-state index in [1.807, 2.05) is 0 Å². The van der Waals surface area contributed by atoms with Gasteiger partial charge in [0.05, 0.1) is 22.7 Å². The molecule has 326 valence electrons. The molecule has 2 heteroatoms. The van der Waals surface area contributed by atoms with Crippen LogP contribution >= 0.6 is 0 Å². The van der Waals surface area contributed by atoms with Crippen molar-refractivity contribution in [3.63, 3.8) is 0 Å². The fraction of sp³-hybridized carbons (Fsp3) is 0.219. The minimum Gasteiger partial charge on any atom is -0.310 e. The van der Waals surface area contributed by atoms with E-state index in [2.05, 4.69) is 261 Å². The first kappa shape index (κ1) is 41.8. The largest absolute Gasteiger partial charge is 0.310 e. The zero-order valence-corrected chi connectivity index (χ0v) is 40.2. The molecule has 0 aromatic heterocycles. The molecule has 0 unspecified atom stereocenters. The van der Waals surface area contributed by atoms with Gasteiger partial charge in [-0.25, -0.2) is 0 Å². The van der Waals surface area contributed by atoms with Crippen molar-refractivity contribution < 1.29 is 0 Å². The summed E-state index contributed by atoms with van der Waals surface area (Å²) in [6, 6.07) is 69.2. The third kappa shape index (κ3) is 6.44. The van der Waals surface area contributed by atoms with Gasteiger partial charge in [-0.2, -0.15) is 0 Å². The maximum atomic E-state index is 2.50. The Bertz CT molecular complexity index is 3040. The van der Waals surface area contributed by atoms with Crippen LogP contribution in [0, 0.1) is 0 Å². The van der Waals surface area contributed by atoms with E-state index in [1.165, 1.54) is 99.9 Å². The highest BCUT2D eigenvalue weighted by Crippen LogP contribution is 2.55. The molecule has 11 rings (SSSR count). The lowest BCUT2D eigenvalue weighted by atomic mass is 9.73. The third-order valence-electron chi connectivity index (χ3n) is 15.0. The molecular formula is C64H60N2. The van der Waals surface area contributed by atoms with Crippen molar-refractivity contribution >= 4 is 55.7 Å². The summed E-state index contributed by atoms with van der Waals surface area (Å²) in [7, 11) is 0. The number of fused-ring (bicyclic) bond motifs is 6. The van der Waals surface area contributed by atoms with Crippen LogP contribution < -0.4 is 9.80 Å². The minimum atomic E-state index is -0.147. The predicted octanol–water partition coefficient (Wildman–Crippen LogP) is 18.1. The molecule has 2 aliphatic heterocycles. The molecule has 0 aliphatic carbocycles. The number of benzene rings is 9. The number of para-hydroxylation sites is 4. The van der Waals surface area contributed by atoms with Crippen LogP contribution in [0.1, 0.15) is 103 Å². The van der Waals surface area contributed by atoms with Gasteiger partial charge in [0.2, 0.25) is 0 Å². The molecule has 9 aromatic rings. The summed E-state index contributed by atoms with van der Waals surface area (Å²) < 4.78 is 0. The summed E-state index contributed by atoms with van der Waals surface area (Å²) >= 11 is 0. The Kier molecular flexibility index (Phi) is 9.37. The number of nitrogens with zero attached hydrogens (tertiary/aromatic N) is 2. The highest BCUT2D eigenvalue weighted by Gasteiger charge is 2.38. The van der Waals surface area contributed by atoms with Crippen molar-refractivity contribution in [2.75, 3.05) is 9.80 Å². The highest BCUT2D eigenvalue weighted by molar-refractivity contribution is 6.23. The van der Waals surface area contributed by atoms with Crippen LogP contribution in [0.15, 0.2) is 182 Å². The van der Waals surface area contributed by atoms with Gasteiger partial charge in [0.25, 0.3) is 0 Å². The monoisotopic (exact) mass is 856 g/mol. The Labute approximate surface area is 392 Å². The fourth-order valence-electron chi connectivity index (χ4n) is 11.3. The van der Waals surface area contributed by atoms with E-state index < -0.39 is 0 Å². The Morgan fingerprint density at radius 2 is 0.606 bits per heavy atom. The average molecular weight is 857 g/mol. The minimum absolute atomic E-state index is 0.0340. The molecule has 66 heavy (non-hydrogen) atoms. The molecule has 9 aromatic carbocycles. The van der Waals surface area contributed by atoms with Gasteiger partial charge in [-0.15, -0.1) is 0 Å². The predicted molar refractivity (Wildman–Crippen MR) is 283 cm³/mol. The Morgan fingerprint density at radius 3 is 0.894 bits per heavy atom. The van der Waals surface area contributed by atoms with E-state index in [0.29, 0.717) is 0 Å². The van der Waals surface area contributed by atoms with Crippen LogP contribution in [0.25, 0.3) is 43.8 Å². The molecule has 0 spiro atoms. The molecule has 2 nitrogen and oxygen atoms in total. The maximum Gasteiger partial charge on any atom is 0.0502 e. The summed E-state index contributed by atoms with van der Waals surface area (Å²) in [4.78, 5) is 5.00. The van der Waals surface area contributed by atoms with Crippen LogP contribution in [-0.4, -0.2) is 0 Å². The van der Waals surface area contributed by atoms with Gasteiger partial charge in [-0.05, 0) is 137 Å². The van der Waals surface area contributed by atoms with E-state index in [4.69, 9.17) is 0 Å². The Hall–Kier alpha value is -6.90. The molecule has 0 N–H and O–H groups in total. The van der Waals surface area contributed by atoms with Crippen molar-refractivity contribution in [3.8, 4) is 22.3 Å². The molecular weight excluding hydrogens is 797 g/mol. The van der Waals surface area contributed by atoms with Gasteiger partial charge in [0.1, 0.15) is 0 Å². The van der Waals surface area contributed by atoms with Crippen molar-refractivity contribution in [2.24, 2.45) is 0 Å². The van der Waals surface area contributed by atoms with Crippen molar-refractivity contribution in [3.05, 3.63) is 215 Å². The van der Waals surface area contributed by atoms with Crippen LogP contribution in [0.2, 0.25) is 0 Å². The van der Waals surface area contributed by atoms with Crippen molar-refractivity contribution in [2.45, 2.75) is 90.9 Å². The number of hydrogen-bond donors (Lipinski definition) is 0. The number of hydrogen-bond acceptors (Lipinski definition) is 2. The van der Waals surface area contributed by atoms with Gasteiger partial charge >= 0.3 is 0 Å². The number of anilines is 6. The van der Waals surface area contributed by atoms with E-state index in [-0.39, 0.29) is 21.7 Å². The maximum absolute atomic E-state index is 2.50. The molecule has 0 radical (unpaired) electrons. The second-order valence-electron chi connectivity index (χ2n) is 21.9. The highest BCUT2D eigenvalue weighted by atomic mass is 15.2. The van der Waals surface area contributed by atoms with Gasteiger partial charge in [0, 0.05) is 22.2 Å². The average Bonchev–Trinajstić information content (AvgIpc) is 3.30. The third-order valence-corrected chi connectivity index (χ3v) is 15.0. The second-order valence-corrected chi connectivity index (χ2v) is 21.9. The lowest BCUT2D eigenvalue weighted by molar-refractivity contribution is 0.590. The fourth-order valence-corrected chi connectivity index (χ4v) is 11.3. The van der Waals surface area contributed by atoms with Gasteiger partial charge in [0.15, 0.2) is 0 Å². The molecule has 0 saturated heterocycles. The van der Waals surface area contributed by atoms with E-state index >= 15 is 0 Å². The van der Waals surface area contributed by atoms with Crippen molar-refractivity contribution in [1.82, 2.24) is 0 Å². The number of rotatable bonds is 4. The zero-order valence-electron chi connectivity index (χ0n) is 40.2. The standard InChI is InChI=1S/C64H60N2/c1-61(2,3)43-31-27-41(28-32-43)59-47-37-35-46(66-57-25-17-13-21-53(57)64(9,10)54-22-14-18-26-58(54)66)40-50(47)60(42-29-33-44(34-30-42)62(4,5)6)48-38-36-45(39-49(48)59)65-55-23-15-11-19-51(55)63(7,8)52-20-12-16-24-56(52)65/h11-40H,1-10H3. The molecule has 0 amide bonds.